The fourth-order valence-electron chi connectivity index (χ4n) is 3.18. The van der Waals surface area contributed by atoms with Gasteiger partial charge in [0.15, 0.2) is 0 Å². The second kappa shape index (κ2) is 6.58. The molecule has 0 amide bonds. The maximum Gasteiger partial charge on any atom is 0.461 e. The van der Waals surface area contributed by atoms with Crippen LogP contribution in [0.15, 0.2) is 41.6 Å². The van der Waals surface area contributed by atoms with E-state index in [1.165, 1.54) is 5.19 Å². The van der Waals surface area contributed by atoms with Crippen molar-refractivity contribution in [1.29, 1.82) is 0 Å². The predicted octanol–water partition coefficient (Wildman–Crippen LogP) is 4.57. The van der Waals surface area contributed by atoms with Crippen molar-refractivity contribution in [2.75, 3.05) is 0 Å². The van der Waals surface area contributed by atoms with Crippen LogP contribution in [-0.4, -0.2) is 26.4 Å². The molecule has 1 heterocycles. The molecule has 0 aliphatic carbocycles. The number of benzene rings is 1. The molecule has 126 valence electrons. The first-order chi connectivity index (χ1) is 10.6. The van der Waals surface area contributed by atoms with Crippen LogP contribution in [0.4, 0.5) is 0 Å². The lowest BCUT2D eigenvalue weighted by Gasteiger charge is -2.32. The van der Waals surface area contributed by atoms with Crippen LogP contribution in [0.5, 0.6) is 0 Å². The van der Waals surface area contributed by atoms with E-state index < -0.39 is 8.07 Å². The van der Waals surface area contributed by atoms with Crippen LogP contribution in [0.2, 0.25) is 19.4 Å². The molecule has 2 rings (SSSR count). The minimum atomic E-state index is -1.60. The summed E-state index contributed by atoms with van der Waals surface area (Å²) >= 11 is 0. The Labute approximate surface area is 143 Å². The molecule has 4 heteroatoms. The van der Waals surface area contributed by atoms with Gasteiger partial charge in [0.05, 0.1) is 11.2 Å². The largest absolute Gasteiger partial charge is 0.461 e. The van der Waals surface area contributed by atoms with E-state index in [0.717, 1.165) is 12.7 Å². The quantitative estimate of drug-likeness (QED) is 0.736. The van der Waals surface area contributed by atoms with Crippen LogP contribution in [0.25, 0.3) is 0 Å². The molecule has 23 heavy (non-hydrogen) atoms. The van der Waals surface area contributed by atoms with Gasteiger partial charge in [-0.15, -0.1) is 0 Å². The SMILES string of the molecule is CC/C(=C/CB1OC(C)(C)C(C)(C)O1)[Si](C)(C)c1ccccc1. The molecule has 0 bridgehead atoms. The lowest BCUT2D eigenvalue weighted by atomic mass is 9.85. The second-order valence-corrected chi connectivity index (χ2v) is 12.5. The highest BCUT2D eigenvalue weighted by Crippen LogP contribution is 2.38. The zero-order chi connectivity index (χ0) is 17.3. The van der Waals surface area contributed by atoms with Gasteiger partial charge in [0, 0.05) is 6.32 Å². The number of hydrogen-bond donors (Lipinski definition) is 0. The molecule has 0 aromatic heterocycles. The summed E-state index contributed by atoms with van der Waals surface area (Å²) in [7, 11) is -1.74. The van der Waals surface area contributed by atoms with Crippen molar-refractivity contribution in [3.63, 3.8) is 0 Å². The van der Waals surface area contributed by atoms with Crippen molar-refractivity contribution in [3.8, 4) is 0 Å². The third-order valence-electron chi connectivity index (χ3n) is 5.54. The molecule has 0 radical (unpaired) electrons. The third kappa shape index (κ3) is 3.81. The first kappa shape index (κ1) is 18.5. The Hall–Kier alpha value is -0.838. The monoisotopic (exact) mass is 330 g/mol. The van der Waals surface area contributed by atoms with E-state index in [9.17, 15) is 0 Å². The summed E-state index contributed by atoms with van der Waals surface area (Å²) in [6, 6.07) is 10.9. The lowest BCUT2D eigenvalue weighted by molar-refractivity contribution is 0.00578. The smallest absolute Gasteiger partial charge is 0.403 e. The summed E-state index contributed by atoms with van der Waals surface area (Å²) in [6.07, 6.45) is 4.30. The van der Waals surface area contributed by atoms with Crippen LogP contribution in [0, 0.1) is 0 Å². The first-order valence-electron chi connectivity index (χ1n) is 8.71. The Bertz CT molecular complexity index is 548. The molecule has 0 unspecified atom stereocenters. The van der Waals surface area contributed by atoms with Gasteiger partial charge >= 0.3 is 7.12 Å². The molecule has 1 aromatic rings. The Morgan fingerprint density at radius 2 is 1.57 bits per heavy atom. The highest BCUT2D eigenvalue weighted by molar-refractivity contribution is 6.95. The molecule has 1 saturated heterocycles. The Kier molecular flexibility index (Phi) is 5.29. The van der Waals surface area contributed by atoms with Gasteiger partial charge in [0.25, 0.3) is 0 Å². The highest BCUT2D eigenvalue weighted by Gasteiger charge is 2.50. The molecule has 2 nitrogen and oxygen atoms in total. The van der Waals surface area contributed by atoms with Gasteiger partial charge in [-0.05, 0) is 34.1 Å². The van der Waals surface area contributed by atoms with Crippen LogP contribution in [0.1, 0.15) is 41.0 Å². The first-order valence-corrected chi connectivity index (χ1v) is 11.7. The molecule has 1 fully saturated rings. The summed E-state index contributed by atoms with van der Waals surface area (Å²) in [5.41, 5.74) is -0.492. The van der Waals surface area contributed by atoms with Gasteiger partial charge in [-0.2, -0.15) is 0 Å². The van der Waals surface area contributed by atoms with Crippen LogP contribution < -0.4 is 5.19 Å². The highest BCUT2D eigenvalue weighted by atomic mass is 28.3. The van der Waals surface area contributed by atoms with Crippen molar-refractivity contribution in [3.05, 3.63) is 41.6 Å². The average Bonchev–Trinajstić information content (AvgIpc) is 2.68. The van der Waals surface area contributed by atoms with Crippen molar-refractivity contribution in [1.82, 2.24) is 0 Å². The lowest BCUT2D eigenvalue weighted by Crippen LogP contribution is -2.43. The van der Waals surface area contributed by atoms with Crippen LogP contribution in [0.3, 0.4) is 0 Å². The summed E-state index contributed by atoms with van der Waals surface area (Å²) in [5.74, 6) is 0. The molecular weight excluding hydrogens is 299 g/mol. The van der Waals surface area contributed by atoms with Crippen molar-refractivity contribution < 1.29 is 9.31 Å². The van der Waals surface area contributed by atoms with E-state index >= 15 is 0 Å². The molecule has 1 aromatic carbocycles. The molecule has 0 saturated carbocycles. The molecule has 1 aliphatic heterocycles. The summed E-state index contributed by atoms with van der Waals surface area (Å²) in [4.78, 5) is 0. The van der Waals surface area contributed by atoms with Crippen LogP contribution in [-0.2, 0) is 9.31 Å². The van der Waals surface area contributed by atoms with E-state index in [1.807, 2.05) is 0 Å². The maximum absolute atomic E-state index is 6.13. The topological polar surface area (TPSA) is 18.5 Å². The van der Waals surface area contributed by atoms with E-state index in [4.69, 9.17) is 9.31 Å². The minimum Gasteiger partial charge on any atom is -0.403 e. The van der Waals surface area contributed by atoms with Gasteiger partial charge in [0.1, 0.15) is 8.07 Å². The minimum absolute atomic E-state index is 0.137. The summed E-state index contributed by atoms with van der Waals surface area (Å²) in [5, 5.41) is 3.06. The Balaban J connectivity index is 2.14. The number of allylic oxidation sites excluding steroid dienone is 2. The van der Waals surface area contributed by atoms with Crippen molar-refractivity contribution >= 4 is 20.4 Å². The predicted molar refractivity (Wildman–Crippen MR) is 103 cm³/mol. The molecule has 0 N–H and O–H groups in total. The normalized spacial score (nSPS) is 20.8. The van der Waals surface area contributed by atoms with Crippen LogP contribution >= 0.6 is 0 Å². The maximum atomic E-state index is 6.13. The van der Waals surface area contributed by atoms with Gasteiger partial charge in [-0.3, -0.25) is 0 Å². The standard InChI is InChI=1S/C19H31BO2Si/c1-8-16(23(6,7)17-12-10-9-11-13-17)14-15-20-21-18(2,3)19(4,5)22-20/h9-14H,8,15H2,1-7H3/b16-14-. The molecular formula is C19H31BO2Si. The Morgan fingerprint density at radius 3 is 2.04 bits per heavy atom. The fourth-order valence-corrected chi connectivity index (χ4v) is 6.09. The Morgan fingerprint density at radius 1 is 1.04 bits per heavy atom. The van der Waals surface area contributed by atoms with Gasteiger partial charge in [0.2, 0.25) is 0 Å². The van der Waals surface area contributed by atoms with Gasteiger partial charge in [-0.25, -0.2) is 0 Å². The molecule has 1 aliphatic rings. The molecule has 0 spiro atoms. The average molecular weight is 330 g/mol. The van der Waals surface area contributed by atoms with Gasteiger partial charge in [-0.1, -0.05) is 66.8 Å². The third-order valence-corrected chi connectivity index (χ3v) is 9.48. The van der Waals surface area contributed by atoms with Gasteiger partial charge < -0.3 is 9.31 Å². The second-order valence-electron chi connectivity index (χ2n) is 8.00. The zero-order valence-corrected chi connectivity index (χ0v) is 16.8. The summed E-state index contributed by atoms with van der Waals surface area (Å²) in [6.45, 7) is 15.6. The van der Waals surface area contributed by atoms with E-state index in [-0.39, 0.29) is 18.3 Å². The van der Waals surface area contributed by atoms with E-state index in [0.29, 0.717) is 0 Å². The zero-order valence-electron chi connectivity index (χ0n) is 15.8. The fraction of sp³-hybridized carbons (Fsp3) is 0.579. The number of hydrogen-bond acceptors (Lipinski definition) is 2. The van der Waals surface area contributed by atoms with E-state index in [1.54, 1.807) is 5.20 Å². The van der Waals surface area contributed by atoms with Crippen molar-refractivity contribution in [2.24, 2.45) is 0 Å². The van der Waals surface area contributed by atoms with E-state index in [2.05, 4.69) is 84.1 Å². The van der Waals surface area contributed by atoms with Crippen molar-refractivity contribution in [2.45, 2.75) is 71.7 Å². The number of rotatable bonds is 5. The summed E-state index contributed by atoms with van der Waals surface area (Å²) < 4.78 is 12.3. The molecule has 0 atom stereocenters.